The van der Waals surface area contributed by atoms with E-state index in [9.17, 15) is 40.3 Å². The minimum atomic E-state index is -5.69. The van der Waals surface area contributed by atoms with Crippen LogP contribution in [0.3, 0.4) is 0 Å². The summed E-state index contributed by atoms with van der Waals surface area (Å²) in [6, 6.07) is 8.22. The van der Waals surface area contributed by atoms with Crippen molar-refractivity contribution in [1.82, 2.24) is 9.36 Å². The third kappa shape index (κ3) is 3.87. The maximum Gasteiger partial charge on any atom is 0.422 e. The second kappa shape index (κ2) is 8.17. The standard InChI is InChI=1S/C20H14F7N3O2/c1-9-18(19(32)30(29(9)2)10-6-4-3-5-7-10)28-12(31)8-11-14(21)16(23)13(20(25,26)27)17(24)15(11)22/h3-7H,8H2,1-2H3,(H,28,31). The molecule has 3 aromatic rings. The van der Waals surface area contributed by atoms with Gasteiger partial charge in [-0.2, -0.15) is 13.2 Å². The van der Waals surface area contributed by atoms with Gasteiger partial charge in [0.1, 0.15) is 11.3 Å². The van der Waals surface area contributed by atoms with Gasteiger partial charge in [-0.05, 0) is 19.1 Å². The van der Waals surface area contributed by atoms with Crippen LogP contribution in [-0.4, -0.2) is 15.3 Å². The number of hydrogen-bond donors (Lipinski definition) is 1. The number of nitrogens with zero attached hydrogens (tertiary/aromatic N) is 2. The van der Waals surface area contributed by atoms with Gasteiger partial charge in [-0.3, -0.25) is 14.3 Å². The molecule has 1 heterocycles. The van der Waals surface area contributed by atoms with Crippen LogP contribution in [0.5, 0.6) is 0 Å². The summed E-state index contributed by atoms with van der Waals surface area (Å²) in [7, 11) is 1.50. The van der Waals surface area contributed by atoms with Crippen molar-refractivity contribution in [3.63, 3.8) is 0 Å². The maximum absolute atomic E-state index is 14.0. The van der Waals surface area contributed by atoms with Crippen LogP contribution < -0.4 is 10.9 Å². The highest BCUT2D eigenvalue weighted by Crippen LogP contribution is 2.37. The largest absolute Gasteiger partial charge is 0.422 e. The number of carbonyl (C=O) groups excluding carboxylic acids is 1. The summed E-state index contributed by atoms with van der Waals surface area (Å²) in [6.45, 7) is 1.45. The van der Waals surface area contributed by atoms with Gasteiger partial charge in [0.05, 0.1) is 17.8 Å². The number of hydrogen-bond acceptors (Lipinski definition) is 2. The van der Waals surface area contributed by atoms with Crippen LogP contribution in [-0.2, 0) is 24.4 Å². The molecule has 5 nitrogen and oxygen atoms in total. The molecule has 0 fully saturated rings. The Morgan fingerprint density at radius 1 is 0.969 bits per heavy atom. The molecular weight excluding hydrogens is 447 g/mol. The van der Waals surface area contributed by atoms with Gasteiger partial charge in [0, 0.05) is 12.6 Å². The summed E-state index contributed by atoms with van der Waals surface area (Å²) in [5, 5.41) is 2.10. The number of anilines is 1. The molecule has 0 saturated carbocycles. The summed E-state index contributed by atoms with van der Waals surface area (Å²) >= 11 is 0. The Hall–Kier alpha value is -3.57. The van der Waals surface area contributed by atoms with Gasteiger partial charge in [-0.15, -0.1) is 0 Å². The van der Waals surface area contributed by atoms with Crippen LogP contribution in [0, 0.1) is 30.2 Å². The zero-order valence-electron chi connectivity index (χ0n) is 16.5. The molecule has 0 atom stereocenters. The van der Waals surface area contributed by atoms with E-state index in [1.807, 2.05) is 0 Å². The van der Waals surface area contributed by atoms with Crippen molar-refractivity contribution in [3.05, 3.63) is 80.8 Å². The van der Waals surface area contributed by atoms with Crippen molar-refractivity contribution in [1.29, 1.82) is 0 Å². The third-order valence-corrected chi connectivity index (χ3v) is 4.79. The zero-order chi connectivity index (χ0) is 24.0. The molecule has 3 rings (SSSR count). The van der Waals surface area contributed by atoms with Gasteiger partial charge in [-0.1, -0.05) is 18.2 Å². The van der Waals surface area contributed by atoms with E-state index in [2.05, 4.69) is 5.32 Å². The number of para-hydroxylation sites is 1. The molecule has 32 heavy (non-hydrogen) atoms. The average Bonchev–Trinajstić information content (AvgIpc) is 2.92. The summed E-state index contributed by atoms with van der Waals surface area (Å²) in [4.78, 5) is 25.0. The van der Waals surface area contributed by atoms with Crippen molar-refractivity contribution in [2.75, 3.05) is 5.32 Å². The minimum absolute atomic E-state index is 0.234. The van der Waals surface area contributed by atoms with E-state index in [-0.39, 0.29) is 11.4 Å². The van der Waals surface area contributed by atoms with Gasteiger partial charge < -0.3 is 5.32 Å². The number of aromatic nitrogens is 2. The van der Waals surface area contributed by atoms with E-state index in [1.165, 1.54) is 23.3 Å². The minimum Gasteiger partial charge on any atom is -0.320 e. The van der Waals surface area contributed by atoms with E-state index in [4.69, 9.17) is 0 Å². The molecule has 0 aliphatic rings. The number of halogens is 7. The van der Waals surface area contributed by atoms with Gasteiger partial charge in [0.15, 0.2) is 23.3 Å². The molecule has 0 aliphatic heterocycles. The van der Waals surface area contributed by atoms with Crippen molar-refractivity contribution in [2.45, 2.75) is 19.5 Å². The fourth-order valence-electron chi connectivity index (χ4n) is 3.14. The molecule has 2 aromatic carbocycles. The van der Waals surface area contributed by atoms with E-state index >= 15 is 0 Å². The number of rotatable bonds is 4. The van der Waals surface area contributed by atoms with Crippen LogP contribution >= 0.6 is 0 Å². The molecule has 0 unspecified atom stereocenters. The number of alkyl halides is 3. The Morgan fingerprint density at radius 3 is 2.00 bits per heavy atom. The summed E-state index contributed by atoms with van der Waals surface area (Å²) in [5.41, 5.74) is -4.60. The van der Waals surface area contributed by atoms with Crippen molar-refractivity contribution < 1.29 is 35.5 Å². The van der Waals surface area contributed by atoms with E-state index in [1.54, 1.807) is 30.3 Å². The van der Waals surface area contributed by atoms with Crippen LogP contribution in [0.1, 0.15) is 16.8 Å². The Kier molecular flexibility index (Phi) is 5.90. The number of carbonyl (C=O) groups is 1. The molecule has 170 valence electrons. The lowest BCUT2D eigenvalue weighted by Gasteiger charge is -2.14. The average molecular weight is 461 g/mol. The van der Waals surface area contributed by atoms with Crippen molar-refractivity contribution in [3.8, 4) is 5.69 Å². The molecule has 0 spiro atoms. The number of benzene rings is 2. The van der Waals surface area contributed by atoms with Crippen LogP contribution in [0.4, 0.5) is 36.4 Å². The molecule has 12 heteroatoms. The Bertz CT molecular complexity index is 1230. The predicted octanol–water partition coefficient (Wildman–Crippen LogP) is 4.24. The van der Waals surface area contributed by atoms with Crippen LogP contribution in [0.15, 0.2) is 35.1 Å². The molecule has 0 saturated heterocycles. The highest BCUT2D eigenvalue weighted by atomic mass is 19.4. The molecule has 0 bridgehead atoms. The highest BCUT2D eigenvalue weighted by Gasteiger charge is 2.42. The summed E-state index contributed by atoms with van der Waals surface area (Å²) in [6.07, 6.45) is -7.05. The van der Waals surface area contributed by atoms with E-state index < -0.39 is 58.5 Å². The smallest absolute Gasteiger partial charge is 0.320 e. The zero-order valence-corrected chi connectivity index (χ0v) is 16.5. The molecule has 1 N–H and O–H groups in total. The normalized spacial score (nSPS) is 11.7. The predicted molar refractivity (Wildman–Crippen MR) is 99.4 cm³/mol. The summed E-state index contributed by atoms with van der Waals surface area (Å²) < 4.78 is 96.2. The fourth-order valence-corrected chi connectivity index (χ4v) is 3.14. The summed E-state index contributed by atoms with van der Waals surface area (Å²) in [5.74, 6) is -11.3. The number of amides is 1. The highest BCUT2D eigenvalue weighted by molar-refractivity contribution is 5.92. The molecule has 1 aromatic heterocycles. The lowest BCUT2D eigenvalue weighted by Crippen LogP contribution is -2.25. The van der Waals surface area contributed by atoms with Gasteiger partial charge in [0.25, 0.3) is 5.56 Å². The third-order valence-electron chi connectivity index (χ3n) is 4.79. The van der Waals surface area contributed by atoms with Crippen LogP contribution in [0.25, 0.3) is 5.69 Å². The second-order valence-corrected chi connectivity index (χ2v) is 6.77. The van der Waals surface area contributed by atoms with Gasteiger partial charge in [0.2, 0.25) is 5.91 Å². The van der Waals surface area contributed by atoms with Gasteiger partial charge in [-0.25, -0.2) is 22.2 Å². The monoisotopic (exact) mass is 461 g/mol. The molecule has 1 amide bonds. The first kappa shape index (κ1) is 23.1. The lowest BCUT2D eigenvalue weighted by molar-refractivity contribution is -0.143. The van der Waals surface area contributed by atoms with E-state index in [0.717, 1.165) is 0 Å². The van der Waals surface area contributed by atoms with Gasteiger partial charge >= 0.3 is 6.18 Å². The molecule has 0 aliphatic carbocycles. The fraction of sp³-hybridized carbons (Fsp3) is 0.200. The van der Waals surface area contributed by atoms with E-state index in [0.29, 0.717) is 5.69 Å². The first-order valence-corrected chi connectivity index (χ1v) is 8.92. The Balaban J connectivity index is 1.97. The van der Waals surface area contributed by atoms with Crippen molar-refractivity contribution >= 4 is 11.6 Å². The Labute approximate surface area is 175 Å². The first-order valence-electron chi connectivity index (χ1n) is 8.92. The Morgan fingerprint density at radius 2 is 1.50 bits per heavy atom. The topological polar surface area (TPSA) is 56.0 Å². The molecular formula is C20H14F7N3O2. The molecule has 0 radical (unpaired) electrons. The maximum atomic E-state index is 14.0. The quantitative estimate of drug-likeness (QED) is 0.467. The SMILES string of the molecule is Cc1c(NC(=O)Cc2c(F)c(F)c(C(F)(F)F)c(F)c2F)c(=O)n(-c2ccccc2)n1C. The van der Waals surface area contributed by atoms with Crippen molar-refractivity contribution in [2.24, 2.45) is 7.05 Å². The number of nitrogens with one attached hydrogen (secondary N) is 1. The lowest BCUT2D eigenvalue weighted by atomic mass is 10.0. The first-order chi connectivity index (χ1) is 14.9. The van der Waals surface area contributed by atoms with Crippen LogP contribution in [0.2, 0.25) is 0 Å². The second-order valence-electron chi connectivity index (χ2n) is 6.77.